The van der Waals surface area contributed by atoms with E-state index in [1.165, 1.54) is 12.1 Å². The van der Waals surface area contributed by atoms with Crippen LogP contribution in [0.1, 0.15) is 22.3 Å². The van der Waals surface area contributed by atoms with Gasteiger partial charge < -0.3 is 10.1 Å². The molecular formula is C18H21N3O4S. The molecule has 0 saturated carbocycles. The number of nitrogens with one attached hydrogen (secondary N) is 2. The fraction of sp³-hybridized carbons (Fsp3) is 0.333. The van der Waals surface area contributed by atoms with E-state index < -0.39 is 10.0 Å². The number of carbonyl (C=O) groups is 1. The lowest BCUT2D eigenvalue weighted by Crippen LogP contribution is -2.35. The van der Waals surface area contributed by atoms with Crippen molar-refractivity contribution >= 4 is 15.9 Å². The molecule has 1 fully saturated rings. The predicted octanol–water partition coefficient (Wildman–Crippen LogP) is 1.12. The summed E-state index contributed by atoms with van der Waals surface area (Å²) in [6.45, 7) is 1.37. The summed E-state index contributed by atoms with van der Waals surface area (Å²) in [7, 11) is -3.68. The summed E-state index contributed by atoms with van der Waals surface area (Å²) >= 11 is 0. The van der Waals surface area contributed by atoms with E-state index in [4.69, 9.17) is 4.74 Å². The monoisotopic (exact) mass is 375 g/mol. The molecule has 8 heteroatoms. The van der Waals surface area contributed by atoms with Gasteiger partial charge >= 0.3 is 0 Å². The fourth-order valence-electron chi connectivity index (χ4n) is 2.69. The van der Waals surface area contributed by atoms with Crippen LogP contribution in [0.25, 0.3) is 0 Å². The maximum Gasteiger partial charge on any atom is 0.251 e. The first-order valence-electron chi connectivity index (χ1n) is 8.42. The zero-order valence-electron chi connectivity index (χ0n) is 14.2. The van der Waals surface area contributed by atoms with Crippen LogP contribution in [0.3, 0.4) is 0 Å². The molecule has 0 radical (unpaired) electrons. The van der Waals surface area contributed by atoms with Crippen molar-refractivity contribution in [2.45, 2.75) is 23.8 Å². The zero-order valence-corrected chi connectivity index (χ0v) is 15.0. The van der Waals surface area contributed by atoms with Gasteiger partial charge in [-0.2, -0.15) is 0 Å². The summed E-state index contributed by atoms with van der Waals surface area (Å²) in [5.41, 5.74) is 1.38. The number of nitrogens with zero attached hydrogens (tertiary/aromatic N) is 1. The number of rotatable bonds is 7. The van der Waals surface area contributed by atoms with E-state index in [-0.39, 0.29) is 16.8 Å². The topological polar surface area (TPSA) is 97.4 Å². The highest BCUT2D eigenvalue weighted by atomic mass is 32.2. The first-order valence-corrected chi connectivity index (χ1v) is 9.90. The summed E-state index contributed by atoms with van der Waals surface area (Å²) in [4.78, 5) is 16.3. The Bertz CT molecular complexity index is 850. The number of pyridine rings is 1. The van der Waals surface area contributed by atoms with E-state index in [0.29, 0.717) is 38.2 Å². The molecule has 138 valence electrons. The molecule has 7 nitrogen and oxygen atoms in total. The molecule has 1 aliphatic rings. The number of carbonyl (C=O) groups excluding carboxylic acids is 1. The molecule has 2 N–H and O–H groups in total. The number of ether oxygens (including phenoxy) is 1. The van der Waals surface area contributed by atoms with Crippen molar-refractivity contribution < 1.29 is 17.9 Å². The average molecular weight is 375 g/mol. The second-order valence-corrected chi connectivity index (χ2v) is 7.78. The van der Waals surface area contributed by atoms with E-state index in [1.807, 2.05) is 12.1 Å². The Kier molecular flexibility index (Phi) is 5.97. The summed E-state index contributed by atoms with van der Waals surface area (Å²) in [6.07, 6.45) is 4.73. The summed E-state index contributed by atoms with van der Waals surface area (Å²) in [6, 6.07) is 9.58. The van der Waals surface area contributed by atoms with E-state index in [2.05, 4.69) is 15.0 Å². The molecule has 1 amide bonds. The molecule has 1 aromatic heterocycles. The second-order valence-electron chi connectivity index (χ2n) is 6.07. The van der Waals surface area contributed by atoms with Crippen LogP contribution in [0.5, 0.6) is 0 Å². The molecule has 1 atom stereocenters. The molecule has 0 bridgehead atoms. The van der Waals surface area contributed by atoms with Crippen LogP contribution in [-0.4, -0.2) is 45.1 Å². The summed E-state index contributed by atoms with van der Waals surface area (Å²) < 4.78 is 32.7. The lowest BCUT2D eigenvalue weighted by molar-refractivity contribution is 0.0954. The van der Waals surface area contributed by atoms with Gasteiger partial charge in [-0.25, -0.2) is 13.1 Å². The van der Waals surface area contributed by atoms with Crippen LogP contribution in [0.4, 0.5) is 0 Å². The Morgan fingerprint density at radius 1 is 1.23 bits per heavy atom. The predicted molar refractivity (Wildman–Crippen MR) is 96.3 cm³/mol. The highest BCUT2D eigenvalue weighted by Crippen LogP contribution is 2.14. The Morgan fingerprint density at radius 2 is 2.04 bits per heavy atom. The van der Waals surface area contributed by atoms with Crippen molar-refractivity contribution in [2.75, 3.05) is 19.8 Å². The number of amides is 1. The van der Waals surface area contributed by atoms with Gasteiger partial charge in [0.05, 0.1) is 11.5 Å². The minimum absolute atomic E-state index is 0.0752. The summed E-state index contributed by atoms with van der Waals surface area (Å²) in [5.74, 6) is -0.305. The van der Waals surface area contributed by atoms with E-state index in [1.54, 1.807) is 24.5 Å². The van der Waals surface area contributed by atoms with Crippen LogP contribution in [0.15, 0.2) is 53.7 Å². The zero-order chi connectivity index (χ0) is 18.4. The Morgan fingerprint density at radius 3 is 2.77 bits per heavy atom. The molecule has 2 aromatic rings. The number of sulfonamides is 1. The van der Waals surface area contributed by atoms with Crippen molar-refractivity contribution in [1.29, 1.82) is 0 Å². The lowest BCUT2D eigenvalue weighted by Gasteiger charge is -2.12. The second kappa shape index (κ2) is 8.39. The number of hydrogen-bond acceptors (Lipinski definition) is 5. The van der Waals surface area contributed by atoms with E-state index in [9.17, 15) is 13.2 Å². The van der Waals surface area contributed by atoms with Crippen molar-refractivity contribution in [3.63, 3.8) is 0 Å². The average Bonchev–Trinajstić information content (AvgIpc) is 3.15. The molecule has 1 aromatic carbocycles. The molecule has 2 heterocycles. The molecule has 3 rings (SSSR count). The molecule has 1 saturated heterocycles. The van der Waals surface area contributed by atoms with Gasteiger partial charge in [-0.1, -0.05) is 6.07 Å². The number of aromatic nitrogens is 1. The van der Waals surface area contributed by atoms with Crippen LogP contribution in [-0.2, 0) is 21.2 Å². The fourth-order valence-corrected chi connectivity index (χ4v) is 3.99. The number of benzene rings is 1. The minimum Gasteiger partial charge on any atom is -0.380 e. The maximum absolute atomic E-state index is 12.5. The standard InChI is InChI=1S/C18H21N3O4S/c22-18(20-10-6-14-4-8-19-9-5-14)15-2-1-3-17(12-15)26(23,24)21-16-7-11-25-13-16/h1-5,8-9,12,16,21H,6-7,10-11,13H2,(H,20,22)/t16-/m0/s1. The number of hydrogen-bond donors (Lipinski definition) is 2. The molecule has 0 unspecified atom stereocenters. The van der Waals surface area contributed by atoms with Crippen LogP contribution in [0, 0.1) is 0 Å². The van der Waals surface area contributed by atoms with E-state index >= 15 is 0 Å². The largest absolute Gasteiger partial charge is 0.380 e. The van der Waals surface area contributed by atoms with Gasteiger partial charge in [0.15, 0.2) is 0 Å². The van der Waals surface area contributed by atoms with Crippen LogP contribution in [0.2, 0.25) is 0 Å². The van der Waals surface area contributed by atoms with Gasteiger partial charge in [0, 0.05) is 37.2 Å². The Balaban J connectivity index is 1.61. The van der Waals surface area contributed by atoms with Crippen LogP contribution < -0.4 is 10.0 Å². The SMILES string of the molecule is O=C(NCCc1ccncc1)c1cccc(S(=O)(=O)N[C@H]2CCOC2)c1. The normalized spacial score (nSPS) is 17.2. The molecule has 1 aliphatic heterocycles. The Labute approximate surface area is 152 Å². The Hall–Kier alpha value is -2.29. The van der Waals surface area contributed by atoms with E-state index in [0.717, 1.165) is 5.56 Å². The van der Waals surface area contributed by atoms with Crippen molar-refractivity contribution in [2.24, 2.45) is 0 Å². The third-order valence-corrected chi connectivity index (χ3v) is 5.62. The smallest absolute Gasteiger partial charge is 0.251 e. The maximum atomic E-state index is 12.5. The van der Waals surface area contributed by atoms with Crippen molar-refractivity contribution in [1.82, 2.24) is 15.0 Å². The van der Waals surface area contributed by atoms with Crippen molar-refractivity contribution in [3.05, 3.63) is 59.9 Å². The highest BCUT2D eigenvalue weighted by Gasteiger charge is 2.24. The van der Waals surface area contributed by atoms with Crippen molar-refractivity contribution in [3.8, 4) is 0 Å². The molecular weight excluding hydrogens is 354 g/mol. The molecule has 0 spiro atoms. The van der Waals surface area contributed by atoms with Gasteiger partial charge in [0.25, 0.3) is 5.91 Å². The van der Waals surface area contributed by atoms with Gasteiger partial charge in [-0.3, -0.25) is 9.78 Å². The lowest BCUT2D eigenvalue weighted by atomic mass is 10.2. The van der Waals surface area contributed by atoms with Crippen LogP contribution >= 0.6 is 0 Å². The quantitative estimate of drug-likeness (QED) is 0.756. The van der Waals surface area contributed by atoms with Gasteiger partial charge in [0.2, 0.25) is 10.0 Å². The van der Waals surface area contributed by atoms with Gasteiger partial charge in [0.1, 0.15) is 0 Å². The minimum atomic E-state index is -3.68. The third kappa shape index (κ3) is 4.87. The third-order valence-electron chi connectivity index (χ3n) is 4.11. The first kappa shape index (κ1) is 18.5. The molecule has 26 heavy (non-hydrogen) atoms. The first-order chi connectivity index (χ1) is 12.5. The highest BCUT2D eigenvalue weighted by molar-refractivity contribution is 7.89. The van der Waals surface area contributed by atoms with Gasteiger partial charge in [-0.15, -0.1) is 0 Å². The summed E-state index contributed by atoms with van der Waals surface area (Å²) in [5, 5.41) is 2.80. The molecule has 0 aliphatic carbocycles. The van der Waals surface area contributed by atoms with Gasteiger partial charge in [-0.05, 0) is 48.7 Å².